The zero-order valence-corrected chi connectivity index (χ0v) is 17.6. The van der Waals surface area contributed by atoms with Crippen LogP contribution in [-0.4, -0.2) is 25.7 Å². The fraction of sp³-hybridized carbons (Fsp3) is 0.308. The van der Waals surface area contributed by atoms with Crippen LogP contribution in [0.5, 0.6) is 11.5 Å². The fourth-order valence-electron chi connectivity index (χ4n) is 5.19. The number of esters is 1. The molecule has 5 rings (SSSR count). The fourth-order valence-corrected chi connectivity index (χ4v) is 5.19. The summed E-state index contributed by atoms with van der Waals surface area (Å²) >= 11 is 0. The van der Waals surface area contributed by atoms with Gasteiger partial charge in [-0.15, -0.1) is 0 Å². The van der Waals surface area contributed by atoms with Crippen LogP contribution in [0.25, 0.3) is 5.57 Å². The van der Waals surface area contributed by atoms with Gasteiger partial charge in [0.05, 0.1) is 7.11 Å². The van der Waals surface area contributed by atoms with Crippen molar-refractivity contribution >= 4 is 17.3 Å². The van der Waals surface area contributed by atoms with E-state index in [1.165, 1.54) is 7.11 Å². The minimum Gasteiger partial charge on any atom is -0.468 e. The molecule has 0 aromatic heterocycles. The maximum absolute atomic E-state index is 14.0. The number of hydrogen-bond acceptors (Lipinski definition) is 5. The van der Waals surface area contributed by atoms with Crippen LogP contribution >= 0.6 is 0 Å². The normalized spacial score (nSPS) is 23.4. The first kappa shape index (κ1) is 19.6. The molecular formula is C26H24O5. The molecule has 0 N–H and O–H groups in total. The second kappa shape index (κ2) is 7.41. The summed E-state index contributed by atoms with van der Waals surface area (Å²) in [5.74, 6) is 0.0850. The molecular weight excluding hydrogens is 392 g/mol. The number of hydrogen-bond donors (Lipinski definition) is 0. The molecule has 0 radical (unpaired) electrons. The Morgan fingerprint density at radius 1 is 1.19 bits per heavy atom. The van der Waals surface area contributed by atoms with E-state index in [4.69, 9.17) is 14.2 Å². The molecule has 2 aliphatic carbocycles. The van der Waals surface area contributed by atoms with E-state index in [0.29, 0.717) is 23.5 Å². The van der Waals surface area contributed by atoms with E-state index in [0.717, 1.165) is 35.1 Å². The van der Waals surface area contributed by atoms with Crippen molar-refractivity contribution in [2.75, 3.05) is 13.9 Å². The van der Waals surface area contributed by atoms with Gasteiger partial charge >= 0.3 is 5.97 Å². The number of ether oxygens (including phenoxy) is 3. The number of carbonyl (C=O) groups is 2. The van der Waals surface area contributed by atoms with Crippen LogP contribution in [0.2, 0.25) is 0 Å². The lowest BCUT2D eigenvalue weighted by Crippen LogP contribution is -2.40. The highest BCUT2D eigenvalue weighted by atomic mass is 16.7. The first-order valence-electron chi connectivity index (χ1n) is 10.6. The van der Waals surface area contributed by atoms with Crippen molar-refractivity contribution in [2.45, 2.75) is 32.1 Å². The number of allylic oxidation sites excluding steroid dienone is 3. The van der Waals surface area contributed by atoms with E-state index in [2.05, 4.69) is 6.92 Å². The van der Waals surface area contributed by atoms with Crippen LogP contribution in [0.1, 0.15) is 53.6 Å². The van der Waals surface area contributed by atoms with Crippen molar-refractivity contribution in [3.05, 3.63) is 76.9 Å². The summed E-state index contributed by atoms with van der Waals surface area (Å²) in [6, 6.07) is 13.6. The van der Waals surface area contributed by atoms with E-state index in [1.807, 2.05) is 48.6 Å². The van der Waals surface area contributed by atoms with Gasteiger partial charge in [0.15, 0.2) is 22.7 Å². The number of benzene rings is 2. The van der Waals surface area contributed by atoms with Gasteiger partial charge in [-0.2, -0.15) is 0 Å². The third-order valence-electron chi connectivity index (χ3n) is 6.57. The van der Waals surface area contributed by atoms with Crippen molar-refractivity contribution in [1.29, 1.82) is 0 Å². The molecule has 2 atom stereocenters. The van der Waals surface area contributed by atoms with E-state index >= 15 is 0 Å². The summed E-state index contributed by atoms with van der Waals surface area (Å²) in [5, 5.41) is 0. The van der Waals surface area contributed by atoms with Crippen LogP contribution in [0, 0.1) is 5.41 Å². The molecule has 0 bridgehead atoms. The highest BCUT2D eigenvalue weighted by Crippen LogP contribution is 2.63. The second-order valence-electron chi connectivity index (χ2n) is 8.13. The van der Waals surface area contributed by atoms with E-state index in [1.54, 1.807) is 6.07 Å². The Balaban J connectivity index is 1.75. The molecule has 2 aromatic rings. The van der Waals surface area contributed by atoms with Gasteiger partial charge in [0.1, 0.15) is 0 Å². The Morgan fingerprint density at radius 2 is 1.94 bits per heavy atom. The number of Topliss-reactive ketones (excluding diaryl/α,β-unsaturated/α-hetero) is 1. The Labute approximate surface area is 181 Å². The smallest absolute Gasteiger partial charge is 0.324 e. The first-order valence-corrected chi connectivity index (χ1v) is 10.6. The van der Waals surface area contributed by atoms with E-state index < -0.39 is 11.4 Å². The highest BCUT2D eigenvalue weighted by Gasteiger charge is 2.64. The molecule has 3 aliphatic rings. The average Bonchev–Trinajstić information content (AvgIpc) is 3.46. The quantitative estimate of drug-likeness (QED) is 0.503. The summed E-state index contributed by atoms with van der Waals surface area (Å²) in [7, 11) is 1.35. The molecule has 0 saturated carbocycles. The number of methoxy groups -OCH3 is 1. The van der Waals surface area contributed by atoms with Crippen LogP contribution < -0.4 is 9.47 Å². The van der Waals surface area contributed by atoms with Gasteiger partial charge in [-0.05, 0) is 47.2 Å². The Bertz CT molecular complexity index is 1130. The van der Waals surface area contributed by atoms with Gasteiger partial charge in [-0.25, -0.2) is 0 Å². The monoisotopic (exact) mass is 416 g/mol. The van der Waals surface area contributed by atoms with Crippen molar-refractivity contribution in [3.8, 4) is 11.5 Å². The molecule has 2 aromatic carbocycles. The van der Waals surface area contributed by atoms with Gasteiger partial charge < -0.3 is 14.2 Å². The predicted molar refractivity (Wildman–Crippen MR) is 116 cm³/mol. The molecule has 5 heteroatoms. The molecule has 0 saturated heterocycles. The number of carbonyl (C=O) groups excluding carboxylic acids is 2. The lowest BCUT2D eigenvalue weighted by molar-refractivity contribution is -0.148. The van der Waals surface area contributed by atoms with Gasteiger partial charge in [0.2, 0.25) is 6.79 Å². The minimum atomic E-state index is -1.39. The number of unbranched alkanes of at least 4 members (excludes halogenated alkanes) is 1. The maximum Gasteiger partial charge on any atom is 0.324 e. The molecule has 0 unspecified atom stereocenters. The maximum atomic E-state index is 14.0. The average molecular weight is 416 g/mol. The zero-order valence-electron chi connectivity index (χ0n) is 17.6. The zero-order chi connectivity index (χ0) is 21.6. The van der Waals surface area contributed by atoms with Gasteiger partial charge in [0, 0.05) is 11.5 Å². The van der Waals surface area contributed by atoms with Crippen LogP contribution in [0.3, 0.4) is 0 Å². The summed E-state index contributed by atoms with van der Waals surface area (Å²) in [4.78, 5) is 27.4. The van der Waals surface area contributed by atoms with Crippen molar-refractivity contribution in [3.63, 3.8) is 0 Å². The largest absolute Gasteiger partial charge is 0.468 e. The Morgan fingerprint density at radius 3 is 2.65 bits per heavy atom. The standard InChI is InChI=1S/C26H24O5/c1-3-4-6-11-20-17(16-9-7-5-8-10-16)12-21-18-13-22-23(31-15-30-22)14-19(18)24(27)26(20,21)25(28)29-2/h5-11,13-14,21H,3-4,12,15H2,1-2H3/b11-6+/t21-,26+/m1/s1. The van der Waals surface area contributed by atoms with Gasteiger partial charge in [-0.1, -0.05) is 55.8 Å². The van der Waals surface area contributed by atoms with Crippen LogP contribution in [0.4, 0.5) is 0 Å². The molecule has 5 nitrogen and oxygen atoms in total. The number of fused-ring (bicyclic) bond motifs is 4. The summed E-state index contributed by atoms with van der Waals surface area (Å²) in [6.45, 7) is 2.24. The first-order chi connectivity index (χ1) is 15.1. The van der Waals surface area contributed by atoms with Crippen LogP contribution in [0.15, 0.2) is 60.2 Å². The predicted octanol–water partition coefficient (Wildman–Crippen LogP) is 5.07. The third-order valence-corrected chi connectivity index (χ3v) is 6.57. The Kier molecular flexibility index (Phi) is 4.69. The van der Waals surface area contributed by atoms with Crippen molar-refractivity contribution in [1.82, 2.24) is 0 Å². The van der Waals surface area contributed by atoms with Gasteiger partial charge in [-0.3, -0.25) is 9.59 Å². The molecule has 1 heterocycles. The summed E-state index contributed by atoms with van der Waals surface area (Å²) in [6.07, 6.45) is 6.43. The molecule has 0 fully saturated rings. The highest BCUT2D eigenvalue weighted by molar-refractivity contribution is 6.22. The lowest BCUT2D eigenvalue weighted by atomic mass is 9.73. The molecule has 1 aliphatic heterocycles. The molecule has 158 valence electrons. The molecule has 0 amide bonds. The number of ketones is 1. The molecule has 31 heavy (non-hydrogen) atoms. The molecule has 0 spiro atoms. The SMILES string of the molecule is CCC/C=C/C1=C(c2ccccc2)C[C@@H]2c3cc4c(cc3C(=O)[C@]12C(=O)OC)OCO4. The lowest BCUT2D eigenvalue weighted by Gasteiger charge is -2.27. The van der Waals surface area contributed by atoms with Crippen molar-refractivity contribution < 1.29 is 23.8 Å². The van der Waals surface area contributed by atoms with E-state index in [-0.39, 0.29) is 18.5 Å². The van der Waals surface area contributed by atoms with Gasteiger partial charge in [0.25, 0.3) is 0 Å². The van der Waals surface area contributed by atoms with E-state index in [9.17, 15) is 9.59 Å². The topological polar surface area (TPSA) is 61.8 Å². The van der Waals surface area contributed by atoms with Crippen molar-refractivity contribution in [2.24, 2.45) is 5.41 Å². The number of rotatable bonds is 5. The second-order valence-corrected chi connectivity index (χ2v) is 8.13. The minimum absolute atomic E-state index is 0.137. The van der Waals surface area contributed by atoms with Crippen LogP contribution in [-0.2, 0) is 9.53 Å². The summed E-state index contributed by atoms with van der Waals surface area (Å²) < 4.78 is 16.3. The Hall–Kier alpha value is -3.34. The third kappa shape index (κ3) is 2.69. The summed E-state index contributed by atoms with van der Waals surface area (Å²) in [5.41, 5.74) is 2.74.